The van der Waals surface area contributed by atoms with Crippen molar-refractivity contribution in [1.29, 1.82) is 0 Å². The summed E-state index contributed by atoms with van der Waals surface area (Å²) in [4.78, 5) is 17.8. The normalized spacial score (nSPS) is 19.3. The number of aromatic nitrogens is 3. The van der Waals surface area contributed by atoms with Gasteiger partial charge in [-0.2, -0.15) is 0 Å². The third-order valence-electron chi connectivity index (χ3n) is 7.52. The molecule has 2 amide bonds. The molecule has 8 nitrogen and oxygen atoms in total. The molecule has 5 rings (SSSR count). The number of benzene rings is 2. The topological polar surface area (TPSA) is 69.5 Å². The van der Waals surface area contributed by atoms with Crippen LogP contribution in [0.5, 0.6) is 0 Å². The number of fused-ring (bicyclic) bond motifs is 2. The molecule has 1 N–H and O–H groups in total. The molecule has 3 aromatic rings. The summed E-state index contributed by atoms with van der Waals surface area (Å²) in [5.41, 5.74) is 1.48. The molecule has 2 fully saturated rings. The minimum absolute atomic E-state index is 0.188. The number of para-hydroxylation sites is 1. The highest BCUT2D eigenvalue weighted by Crippen LogP contribution is 2.31. The fourth-order valence-electron chi connectivity index (χ4n) is 5.71. The van der Waals surface area contributed by atoms with Crippen LogP contribution < -0.4 is 15.2 Å². The highest BCUT2D eigenvalue weighted by Gasteiger charge is 2.40. The third kappa shape index (κ3) is 5.63. The van der Waals surface area contributed by atoms with Crippen LogP contribution in [0.15, 0.2) is 48.5 Å². The Morgan fingerprint density at radius 2 is 1.76 bits per heavy atom. The molecule has 0 spiro atoms. The van der Waals surface area contributed by atoms with Crippen LogP contribution in [0.4, 0.5) is 16.2 Å². The highest BCUT2D eigenvalue weighted by molar-refractivity contribution is 6.42. The predicted molar refractivity (Wildman–Crippen MR) is 154 cm³/mol. The average Bonchev–Trinajstić information content (AvgIpc) is 3.39. The maximum atomic E-state index is 13.3. The first-order valence-corrected chi connectivity index (χ1v) is 14.1. The van der Waals surface area contributed by atoms with Crippen molar-refractivity contribution in [2.75, 3.05) is 41.4 Å². The van der Waals surface area contributed by atoms with Gasteiger partial charge in [0.15, 0.2) is 5.82 Å². The maximum Gasteiger partial charge on any atom is 0.326 e. The number of hydrogen-bond acceptors (Lipinski definition) is 5. The Hall–Kier alpha value is -2.81. The number of rotatable bonds is 8. The van der Waals surface area contributed by atoms with Crippen molar-refractivity contribution in [3.8, 4) is 0 Å². The number of urea groups is 1. The second kappa shape index (κ2) is 11.5. The number of carbonyl (C=O) groups excluding carboxylic acids is 1. The Morgan fingerprint density at radius 1 is 1.05 bits per heavy atom. The Morgan fingerprint density at radius 3 is 2.42 bits per heavy atom. The first-order valence-electron chi connectivity index (χ1n) is 13.3. The lowest BCUT2D eigenvalue weighted by Crippen LogP contribution is -2.58. The van der Waals surface area contributed by atoms with Crippen LogP contribution in [0.2, 0.25) is 10.0 Å². The van der Waals surface area contributed by atoms with Crippen molar-refractivity contribution < 1.29 is 4.79 Å². The monoisotopic (exact) mass is 555 g/mol. The quantitative estimate of drug-likeness (QED) is 0.373. The van der Waals surface area contributed by atoms with Crippen molar-refractivity contribution in [1.82, 2.24) is 19.8 Å². The van der Waals surface area contributed by atoms with E-state index in [4.69, 9.17) is 23.2 Å². The van der Waals surface area contributed by atoms with Crippen LogP contribution in [0.3, 0.4) is 0 Å². The maximum absolute atomic E-state index is 13.3. The van der Waals surface area contributed by atoms with Crippen LogP contribution in [0.1, 0.15) is 50.7 Å². The van der Waals surface area contributed by atoms with Crippen LogP contribution in [-0.2, 0) is 0 Å². The first kappa shape index (κ1) is 26.8. The number of carbonyl (C=O) groups is 1. The van der Waals surface area contributed by atoms with Crippen LogP contribution >= 0.6 is 23.2 Å². The van der Waals surface area contributed by atoms with E-state index in [2.05, 4.69) is 43.9 Å². The number of halogens is 2. The van der Waals surface area contributed by atoms with Gasteiger partial charge < -0.3 is 10.3 Å². The molecule has 2 aliphatic rings. The molecular weight excluding hydrogens is 521 g/mol. The smallest absolute Gasteiger partial charge is 0.307 e. The van der Waals surface area contributed by atoms with Gasteiger partial charge in [0, 0.05) is 42.5 Å². The molecule has 10 heteroatoms. The molecule has 0 saturated carbocycles. The summed E-state index contributed by atoms with van der Waals surface area (Å²) in [6, 6.07) is 15.7. The Bertz CT molecular complexity index is 1250. The molecular formula is C28H35Cl2N7O. The minimum Gasteiger partial charge on any atom is -0.307 e. The zero-order valence-corrected chi connectivity index (χ0v) is 23.7. The van der Waals surface area contributed by atoms with Crippen molar-refractivity contribution in [3.63, 3.8) is 0 Å². The van der Waals surface area contributed by atoms with Gasteiger partial charge in [0.2, 0.25) is 0 Å². The van der Waals surface area contributed by atoms with Crippen molar-refractivity contribution >= 4 is 40.6 Å². The van der Waals surface area contributed by atoms with Crippen molar-refractivity contribution in [3.05, 3.63) is 70.2 Å². The second-order valence-corrected chi connectivity index (χ2v) is 11.3. The van der Waals surface area contributed by atoms with E-state index in [0.717, 1.165) is 43.4 Å². The molecule has 2 saturated heterocycles. The number of nitrogens with zero attached hydrogens (tertiary/aromatic N) is 6. The van der Waals surface area contributed by atoms with Gasteiger partial charge in [-0.15, -0.1) is 10.2 Å². The van der Waals surface area contributed by atoms with Gasteiger partial charge in [-0.1, -0.05) is 55.2 Å². The zero-order chi connectivity index (χ0) is 26.8. The number of hydrogen-bond donors (Lipinski definition) is 1. The van der Waals surface area contributed by atoms with Crippen LogP contribution in [0, 0.1) is 6.92 Å². The van der Waals surface area contributed by atoms with Crippen molar-refractivity contribution in [2.24, 2.45) is 0 Å². The van der Waals surface area contributed by atoms with Gasteiger partial charge in [-0.25, -0.2) is 9.47 Å². The van der Waals surface area contributed by atoms with Crippen LogP contribution in [-0.4, -0.2) is 64.1 Å². The van der Waals surface area contributed by atoms with Gasteiger partial charge in [-0.05, 0) is 56.5 Å². The standard InChI is InChI=1S/C28H35Cl2N7O/c1-19(2)27-33-32-20(3)37(27)34-17-23-11-12-24(18-34)35(23)14-7-15-36(22-8-5-4-6-9-22)28(38)31-21-10-13-25(29)26(30)16-21/h4-6,8-10,13,16,19,23-24H,7,11-12,14-15,17-18H2,1-3H3,(H,31,38)/t23-,24-/m1/s1. The number of anilines is 2. The van der Waals surface area contributed by atoms with Gasteiger partial charge in [0.25, 0.3) is 0 Å². The molecule has 0 radical (unpaired) electrons. The molecule has 2 bridgehead atoms. The summed E-state index contributed by atoms with van der Waals surface area (Å²) in [6.07, 6.45) is 3.26. The summed E-state index contributed by atoms with van der Waals surface area (Å²) < 4.78 is 2.23. The first-order chi connectivity index (χ1) is 18.3. The lowest BCUT2D eigenvalue weighted by atomic mass is 10.2. The van der Waals surface area contributed by atoms with E-state index < -0.39 is 0 Å². The fourth-order valence-corrected chi connectivity index (χ4v) is 6.01. The van der Waals surface area contributed by atoms with E-state index in [1.807, 2.05) is 37.3 Å². The molecule has 0 unspecified atom stereocenters. The average molecular weight is 557 g/mol. The highest BCUT2D eigenvalue weighted by atomic mass is 35.5. The second-order valence-electron chi connectivity index (χ2n) is 10.5. The molecule has 1 aromatic heterocycles. The van der Waals surface area contributed by atoms with Crippen LogP contribution in [0.25, 0.3) is 0 Å². The van der Waals surface area contributed by atoms with E-state index in [9.17, 15) is 4.79 Å². The SMILES string of the molecule is Cc1nnc(C(C)C)n1N1C[C@H]2CC[C@H](C1)N2CCCN(C(=O)Nc1ccc(Cl)c(Cl)c1)c1ccccc1. The molecule has 0 aliphatic carbocycles. The van der Waals surface area contributed by atoms with Crippen molar-refractivity contribution in [2.45, 2.75) is 58.0 Å². The fraction of sp³-hybridized carbons (Fsp3) is 0.464. The summed E-state index contributed by atoms with van der Waals surface area (Å²) in [7, 11) is 0. The lowest BCUT2D eigenvalue weighted by Gasteiger charge is -2.43. The lowest BCUT2D eigenvalue weighted by molar-refractivity contribution is 0.152. The van der Waals surface area contributed by atoms with Gasteiger partial charge in [0.05, 0.1) is 23.1 Å². The van der Waals surface area contributed by atoms with E-state index >= 15 is 0 Å². The Kier molecular flexibility index (Phi) is 8.12. The summed E-state index contributed by atoms with van der Waals surface area (Å²) >= 11 is 12.2. The predicted octanol–water partition coefficient (Wildman–Crippen LogP) is 5.93. The summed E-state index contributed by atoms with van der Waals surface area (Å²) in [6.45, 7) is 9.87. The zero-order valence-electron chi connectivity index (χ0n) is 22.1. The molecule has 2 atom stereocenters. The molecule has 38 heavy (non-hydrogen) atoms. The number of nitrogens with one attached hydrogen (secondary N) is 1. The van der Waals surface area contributed by atoms with Gasteiger partial charge >= 0.3 is 6.03 Å². The summed E-state index contributed by atoms with van der Waals surface area (Å²) in [5, 5.41) is 15.1. The van der Waals surface area contributed by atoms with E-state index in [1.165, 1.54) is 12.8 Å². The van der Waals surface area contributed by atoms with Gasteiger partial charge in [-0.3, -0.25) is 9.80 Å². The third-order valence-corrected chi connectivity index (χ3v) is 8.26. The molecule has 202 valence electrons. The Labute approximate surface area is 234 Å². The molecule has 2 aliphatic heterocycles. The van der Waals surface area contributed by atoms with E-state index in [1.54, 1.807) is 23.1 Å². The number of piperazine rings is 1. The van der Waals surface area contributed by atoms with E-state index in [0.29, 0.717) is 40.3 Å². The minimum atomic E-state index is -0.188. The van der Waals surface area contributed by atoms with Gasteiger partial charge in [0.1, 0.15) is 5.82 Å². The molecule has 3 heterocycles. The molecule has 2 aromatic carbocycles. The number of aryl methyl sites for hydroxylation is 1. The van der Waals surface area contributed by atoms with E-state index in [-0.39, 0.29) is 6.03 Å². The largest absolute Gasteiger partial charge is 0.326 e. The Balaban J connectivity index is 1.23. The number of amides is 2. The summed E-state index contributed by atoms with van der Waals surface area (Å²) in [5.74, 6) is 2.31.